The monoisotopic (exact) mass is 222 g/mol. The summed E-state index contributed by atoms with van der Waals surface area (Å²) in [6.45, 7) is 1.21. The zero-order valence-corrected chi connectivity index (χ0v) is 8.96. The number of anilines is 1. The van der Waals surface area contributed by atoms with Crippen LogP contribution in [0.4, 0.5) is 5.69 Å². The molecule has 0 bridgehead atoms. The van der Waals surface area contributed by atoms with E-state index < -0.39 is 17.8 Å². The number of para-hydroxylation sites is 1. The number of carboxylic acid groups (broad SMARTS) is 1. The zero-order valence-electron chi connectivity index (χ0n) is 8.96. The highest BCUT2D eigenvalue weighted by atomic mass is 16.4. The normalized spacial score (nSPS) is 11.9. The largest absolute Gasteiger partial charge is 0.479 e. The maximum atomic E-state index is 11.3. The number of Topliss-reactive ketones (excluding diaryl/α,β-unsaturated/α-hetero) is 1. The molecule has 0 radical (unpaired) electrons. The first-order valence-corrected chi connectivity index (χ1v) is 4.83. The number of nitrogens with two attached hydrogens (primary N) is 1. The molecule has 1 rings (SSSR count). The van der Waals surface area contributed by atoms with Gasteiger partial charge in [0.2, 0.25) is 0 Å². The molecule has 0 heterocycles. The fraction of sp³-hybridized carbons (Fsp3) is 0.273. The lowest BCUT2D eigenvalue weighted by Crippen LogP contribution is -2.48. The molecule has 1 aromatic rings. The van der Waals surface area contributed by atoms with Crippen LogP contribution in [0.25, 0.3) is 0 Å². The molecule has 0 aliphatic carbocycles. The molecule has 0 amide bonds. The van der Waals surface area contributed by atoms with Gasteiger partial charge < -0.3 is 15.7 Å². The number of benzene rings is 1. The third kappa shape index (κ3) is 2.58. The highest BCUT2D eigenvalue weighted by Crippen LogP contribution is 2.15. The summed E-state index contributed by atoms with van der Waals surface area (Å²) in [5.74, 6) is -1.64. The van der Waals surface area contributed by atoms with E-state index in [-0.39, 0.29) is 6.67 Å². The van der Waals surface area contributed by atoms with Crippen LogP contribution in [0, 0.1) is 0 Å². The molecule has 0 aromatic heterocycles. The number of nitrogens with zero attached hydrogens (tertiary/aromatic N) is 1. The SMILES string of the molecule is CC(=O)C(C(=O)O)N(CN)c1ccccc1. The number of carboxylic acids is 1. The molecule has 5 heteroatoms. The van der Waals surface area contributed by atoms with Gasteiger partial charge in [0.1, 0.15) is 0 Å². The van der Waals surface area contributed by atoms with Gasteiger partial charge in [0.15, 0.2) is 11.8 Å². The van der Waals surface area contributed by atoms with Gasteiger partial charge in [-0.3, -0.25) is 4.79 Å². The molecule has 0 spiro atoms. The Balaban J connectivity index is 3.05. The molecule has 5 nitrogen and oxygen atoms in total. The van der Waals surface area contributed by atoms with E-state index in [2.05, 4.69) is 0 Å². The second-order valence-corrected chi connectivity index (χ2v) is 3.34. The van der Waals surface area contributed by atoms with Crippen LogP contribution < -0.4 is 10.6 Å². The van der Waals surface area contributed by atoms with E-state index in [1.165, 1.54) is 11.8 Å². The summed E-state index contributed by atoms with van der Waals surface area (Å²) in [4.78, 5) is 23.6. The molecule has 0 saturated heterocycles. The summed E-state index contributed by atoms with van der Waals surface area (Å²) < 4.78 is 0. The van der Waals surface area contributed by atoms with Crippen molar-refractivity contribution in [2.24, 2.45) is 5.73 Å². The minimum atomic E-state index is -1.23. The van der Waals surface area contributed by atoms with Gasteiger partial charge in [0, 0.05) is 5.69 Å². The third-order valence-electron chi connectivity index (χ3n) is 2.22. The standard InChI is InChI=1S/C11H14N2O3/c1-8(14)10(11(15)16)13(7-12)9-5-3-2-4-6-9/h2-6,10H,7,12H2,1H3,(H,15,16). The number of rotatable bonds is 5. The number of hydrogen-bond donors (Lipinski definition) is 2. The van der Waals surface area contributed by atoms with Gasteiger partial charge in [0.25, 0.3) is 0 Å². The maximum absolute atomic E-state index is 11.3. The number of carbonyl (C=O) groups is 2. The Labute approximate surface area is 93.5 Å². The summed E-state index contributed by atoms with van der Waals surface area (Å²) in [6.07, 6.45) is 0. The number of aliphatic carboxylic acids is 1. The second kappa shape index (κ2) is 5.27. The van der Waals surface area contributed by atoms with E-state index in [4.69, 9.17) is 10.8 Å². The predicted molar refractivity (Wildman–Crippen MR) is 60.1 cm³/mol. The van der Waals surface area contributed by atoms with Crippen LogP contribution in [0.2, 0.25) is 0 Å². The Bertz CT molecular complexity index is 364. The van der Waals surface area contributed by atoms with Gasteiger partial charge in [-0.05, 0) is 19.1 Å². The minimum Gasteiger partial charge on any atom is -0.479 e. The molecule has 1 atom stereocenters. The number of ketones is 1. The Kier molecular flexibility index (Phi) is 4.02. The summed E-state index contributed by atoms with van der Waals surface area (Å²) in [5.41, 5.74) is 6.11. The Morgan fingerprint density at radius 1 is 1.38 bits per heavy atom. The lowest BCUT2D eigenvalue weighted by molar-refractivity contribution is -0.141. The van der Waals surface area contributed by atoms with Crippen molar-refractivity contribution in [1.29, 1.82) is 0 Å². The fourth-order valence-corrected chi connectivity index (χ4v) is 1.51. The maximum Gasteiger partial charge on any atom is 0.334 e. The van der Waals surface area contributed by atoms with Gasteiger partial charge >= 0.3 is 5.97 Å². The van der Waals surface area contributed by atoms with E-state index in [1.807, 2.05) is 6.07 Å². The summed E-state index contributed by atoms with van der Waals surface area (Å²) >= 11 is 0. The van der Waals surface area contributed by atoms with Crippen molar-refractivity contribution in [3.8, 4) is 0 Å². The number of hydrogen-bond acceptors (Lipinski definition) is 4. The number of carbonyl (C=O) groups excluding carboxylic acids is 1. The molecule has 16 heavy (non-hydrogen) atoms. The minimum absolute atomic E-state index is 0.0272. The van der Waals surface area contributed by atoms with Crippen molar-refractivity contribution in [3.63, 3.8) is 0 Å². The van der Waals surface area contributed by atoms with Crippen LogP contribution in [-0.2, 0) is 9.59 Å². The van der Waals surface area contributed by atoms with Gasteiger partial charge in [-0.1, -0.05) is 18.2 Å². The van der Waals surface area contributed by atoms with Crippen molar-refractivity contribution in [2.45, 2.75) is 13.0 Å². The Morgan fingerprint density at radius 3 is 2.31 bits per heavy atom. The molecule has 86 valence electrons. The van der Waals surface area contributed by atoms with Crippen LogP contribution in [0.1, 0.15) is 6.92 Å². The van der Waals surface area contributed by atoms with Crippen molar-refractivity contribution < 1.29 is 14.7 Å². The highest BCUT2D eigenvalue weighted by Gasteiger charge is 2.29. The first kappa shape index (κ1) is 12.2. The lowest BCUT2D eigenvalue weighted by atomic mass is 10.1. The summed E-state index contributed by atoms with van der Waals surface area (Å²) in [7, 11) is 0. The van der Waals surface area contributed by atoms with E-state index >= 15 is 0 Å². The Morgan fingerprint density at radius 2 is 1.94 bits per heavy atom. The average Bonchev–Trinajstić information content (AvgIpc) is 2.25. The lowest BCUT2D eigenvalue weighted by Gasteiger charge is -2.27. The van der Waals surface area contributed by atoms with Crippen molar-refractivity contribution >= 4 is 17.4 Å². The van der Waals surface area contributed by atoms with Crippen molar-refractivity contribution in [3.05, 3.63) is 30.3 Å². The van der Waals surface area contributed by atoms with Crippen molar-refractivity contribution in [2.75, 3.05) is 11.6 Å². The zero-order chi connectivity index (χ0) is 12.1. The van der Waals surface area contributed by atoms with E-state index in [9.17, 15) is 9.59 Å². The van der Waals surface area contributed by atoms with Crippen LogP contribution >= 0.6 is 0 Å². The molecule has 0 fully saturated rings. The average molecular weight is 222 g/mol. The fourth-order valence-electron chi connectivity index (χ4n) is 1.51. The van der Waals surface area contributed by atoms with Crippen LogP contribution in [0.5, 0.6) is 0 Å². The third-order valence-corrected chi connectivity index (χ3v) is 2.22. The predicted octanol–water partition coefficient (Wildman–Crippen LogP) is 0.451. The topological polar surface area (TPSA) is 83.6 Å². The molecular weight excluding hydrogens is 208 g/mol. The molecule has 1 aromatic carbocycles. The van der Waals surface area contributed by atoms with Crippen molar-refractivity contribution in [1.82, 2.24) is 0 Å². The molecule has 0 aliphatic heterocycles. The molecule has 0 saturated carbocycles. The quantitative estimate of drug-likeness (QED) is 0.558. The highest BCUT2D eigenvalue weighted by molar-refractivity contribution is 6.04. The van der Waals surface area contributed by atoms with Crippen LogP contribution in [-0.4, -0.2) is 29.6 Å². The van der Waals surface area contributed by atoms with Crippen LogP contribution in [0.15, 0.2) is 30.3 Å². The summed E-state index contributed by atoms with van der Waals surface area (Å²) in [6, 6.07) is 7.53. The van der Waals surface area contributed by atoms with Gasteiger partial charge in [-0.15, -0.1) is 0 Å². The van der Waals surface area contributed by atoms with Gasteiger partial charge in [-0.25, -0.2) is 4.79 Å². The van der Waals surface area contributed by atoms with Crippen LogP contribution in [0.3, 0.4) is 0 Å². The first-order valence-electron chi connectivity index (χ1n) is 4.83. The second-order valence-electron chi connectivity index (χ2n) is 3.34. The van der Waals surface area contributed by atoms with E-state index in [1.54, 1.807) is 24.3 Å². The molecule has 3 N–H and O–H groups in total. The molecule has 0 aliphatic rings. The van der Waals surface area contributed by atoms with E-state index in [0.717, 1.165) is 0 Å². The smallest absolute Gasteiger partial charge is 0.334 e. The summed E-state index contributed by atoms with van der Waals surface area (Å²) in [5, 5.41) is 8.99. The van der Waals surface area contributed by atoms with E-state index in [0.29, 0.717) is 5.69 Å². The van der Waals surface area contributed by atoms with Gasteiger partial charge in [-0.2, -0.15) is 0 Å². The molecule has 1 unspecified atom stereocenters. The molecular formula is C11H14N2O3. The Hall–Kier alpha value is -1.88. The van der Waals surface area contributed by atoms with Gasteiger partial charge in [0.05, 0.1) is 6.67 Å². The first-order chi connectivity index (χ1) is 7.57.